The summed E-state index contributed by atoms with van der Waals surface area (Å²) in [6, 6.07) is 4.49. The second kappa shape index (κ2) is 3.93. The molecule has 1 aromatic carbocycles. The Kier molecular flexibility index (Phi) is 2.78. The van der Waals surface area contributed by atoms with Gasteiger partial charge in [-0.3, -0.25) is 4.79 Å². The molecule has 1 aromatic rings. The quantitative estimate of drug-likeness (QED) is 0.720. The average Bonchev–Trinajstić information content (AvgIpc) is 2.49. The van der Waals surface area contributed by atoms with Gasteiger partial charge in [0.05, 0.1) is 4.83 Å². The van der Waals surface area contributed by atoms with Crippen LogP contribution in [0.2, 0.25) is 0 Å². The number of rotatable bonds is 1. The van der Waals surface area contributed by atoms with E-state index in [1.165, 1.54) is 12.1 Å². The smallest absolute Gasteiger partial charge is 0.240 e. The van der Waals surface area contributed by atoms with E-state index in [4.69, 9.17) is 0 Å². The molecule has 80 valence electrons. The van der Waals surface area contributed by atoms with Gasteiger partial charge in [-0.25, -0.2) is 4.39 Å². The van der Waals surface area contributed by atoms with Crippen LogP contribution < -0.4 is 4.90 Å². The number of carbonyl (C=O) groups excluding carboxylic acids is 1. The Morgan fingerprint density at radius 3 is 2.80 bits per heavy atom. The SMILES string of the molecule is Cc1cc(F)ccc1N1CCC(Br)C1=O. The van der Waals surface area contributed by atoms with Crippen molar-refractivity contribution in [1.29, 1.82) is 0 Å². The van der Waals surface area contributed by atoms with Crippen LogP contribution in [-0.2, 0) is 4.79 Å². The summed E-state index contributed by atoms with van der Waals surface area (Å²) in [5.74, 6) is -0.206. The minimum atomic E-state index is -0.265. The lowest BCUT2D eigenvalue weighted by Gasteiger charge is -2.18. The van der Waals surface area contributed by atoms with Crippen molar-refractivity contribution in [3.63, 3.8) is 0 Å². The van der Waals surface area contributed by atoms with Crippen LogP contribution in [0.5, 0.6) is 0 Å². The number of aryl methyl sites for hydroxylation is 1. The van der Waals surface area contributed by atoms with Crippen molar-refractivity contribution < 1.29 is 9.18 Å². The zero-order valence-corrected chi connectivity index (χ0v) is 9.92. The van der Waals surface area contributed by atoms with Gasteiger partial charge in [0.15, 0.2) is 0 Å². The molecule has 4 heteroatoms. The van der Waals surface area contributed by atoms with Crippen LogP contribution in [0.4, 0.5) is 10.1 Å². The van der Waals surface area contributed by atoms with E-state index in [1.807, 2.05) is 6.92 Å². The summed E-state index contributed by atoms with van der Waals surface area (Å²) in [5.41, 5.74) is 1.60. The van der Waals surface area contributed by atoms with Crippen molar-refractivity contribution in [2.24, 2.45) is 0 Å². The van der Waals surface area contributed by atoms with Crippen LogP contribution in [0.1, 0.15) is 12.0 Å². The Morgan fingerprint density at radius 1 is 1.53 bits per heavy atom. The molecule has 1 heterocycles. The van der Waals surface area contributed by atoms with Gasteiger partial charge in [-0.1, -0.05) is 15.9 Å². The lowest BCUT2D eigenvalue weighted by Crippen LogP contribution is -2.27. The van der Waals surface area contributed by atoms with Gasteiger partial charge >= 0.3 is 0 Å². The number of carbonyl (C=O) groups is 1. The molecule has 1 amide bonds. The molecular formula is C11H11BrFNO. The van der Waals surface area contributed by atoms with Crippen LogP contribution in [0, 0.1) is 12.7 Å². The van der Waals surface area contributed by atoms with E-state index >= 15 is 0 Å². The average molecular weight is 272 g/mol. The number of amides is 1. The number of nitrogens with zero attached hydrogens (tertiary/aromatic N) is 1. The molecule has 15 heavy (non-hydrogen) atoms. The highest BCUT2D eigenvalue weighted by Gasteiger charge is 2.30. The molecule has 1 atom stereocenters. The predicted octanol–water partition coefficient (Wildman–Crippen LogP) is 2.63. The van der Waals surface area contributed by atoms with Crippen molar-refractivity contribution in [3.8, 4) is 0 Å². The molecule has 1 aliphatic rings. The summed E-state index contributed by atoms with van der Waals surface area (Å²) in [7, 11) is 0. The fraction of sp³-hybridized carbons (Fsp3) is 0.364. The van der Waals surface area contributed by atoms with Crippen LogP contribution in [0.15, 0.2) is 18.2 Å². The van der Waals surface area contributed by atoms with Gasteiger partial charge in [-0.2, -0.15) is 0 Å². The molecule has 1 unspecified atom stereocenters. The third-order valence-electron chi connectivity index (χ3n) is 2.59. The van der Waals surface area contributed by atoms with Crippen molar-refractivity contribution in [3.05, 3.63) is 29.6 Å². The highest BCUT2D eigenvalue weighted by Crippen LogP contribution is 2.28. The summed E-state index contributed by atoms with van der Waals surface area (Å²) in [6.45, 7) is 2.51. The van der Waals surface area contributed by atoms with Gasteiger partial charge in [0.2, 0.25) is 5.91 Å². The van der Waals surface area contributed by atoms with E-state index in [9.17, 15) is 9.18 Å². The molecule has 0 N–H and O–H groups in total. The van der Waals surface area contributed by atoms with Gasteiger partial charge < -0.3 is 4.90 Å². The van der Waals surface area contributed by atoms with Gasteiger partial charge in [0, 0.05) is 12.2 Å². The third-order valence-corrected chi connectivity index (χ3v) is 3.44. The van der Waals surface area contributed by atoms with E-state index in [-0.39, 0.29) is 16.6 Å². The van der Waals surface area contributed by atoms with Gasteiger partial charge in [-0.05, 0) is 37.1 Å². The Morgan fingerprint density at radius 2 is 2.27 bits per heavy atom. The Balaban J connectivity index is 2.34. The first-order valence-electron chi connectivity index (χ1n) is 4.81. The second-order valence-corrected chi connectivity index (χ2v) is 4.78. The normalized spacial score (nSPS) is 21.1. The standard InChI is InChI=1S/C11H11BrFNO/c1-7-6-8(13)2-3-10(7)14-5-4-9(12)11(14)15/h2-3,6,9H,4-5H2,1H3. The minimum Gasteiger partial charge on any atom is -0.311 e. The van der Waals surface area contributed by atoms with Crippen molar-refractivity contribution >= 4 is 27.5 Å². The van der Waals surface area contributed by atoms with E-state index < -0.39 is 0 Å². The largest absolute Gasteiger partial charge is 0.311 e. The number of benzene rings is 1. The fourth-order valence-corrected chi connectivity index (χ4v) is 2.26. The number of hydrogen-bond donors (Lipinski definition) is 0. The minimum absolute atomic E-state index is 0.0599. The number of alkyl halides is 1. The lowest BCUT2D eigenvalue weighted by atomic mass is 10.2. The summed E-state index contributed by atoms with van der Waals surface area (Å²) in [5, 5.41) is 0. The lowest BCUT2D eigenvalue weighted by molar-refractivity contribution is -0.116. The van der Waals surface area contributed by atoms with Gasteiger partial charge in [-0.15, -0.1) is 0 Å². The molecule has 0 aliphatic carbocycles. The van der Waals surface area contributed by atoms with Crippen LogP contribution >= 0.6 is 15.9 Å². The topological polar surface area (TPSA) is 20.3 Å². The van der Waals surface area contributed by atoms with E-state index in [0.29, 0.717) is 6.54 Å². The highest BCUT2D eigenvalue weighted by molar-refractivity contribution is 9.10. The van der Waals surface area contributed by atoms with Crippen molar-refractivity contribution in [1.82, 2.24) is 0 Å². The van der Waals surface area contributed by atoms with E-state index in [2.05, 4.69) is 15.9 Å². The second-order valence-electron chi connectivity index (χ2n) is 3.68. The monoisotopic (exact) mass is 271 g/mol. The number of anilines is 1. The maximum absolute atomic E-state index is 12.9. The molecule has 0 radical (unpaired) electrons. The highest BCUT2D eigenvalue weighted by atomic mass is 79.9. The Bertz CT molecular complexity index is 408. The first kappa shape index (κ1) is 10.6. The first-order valence-corrected chi connectivity index (χ1v) is 5.73. The van der Waals surface area contributed by atoms with Crippen molar-refractivity contribution in [2.75, 3.05) is 11.4 Å². The summed E-state index contributed by atoms with van der Waals surface area (Å²) in [6.07, 6.45) is 0.801. The molecule has 0 bridgehead atoms. The van der Waals surface area contributed by atoms with Crippen molar-refractivity contribution in [2.45, 2.75) is 18.2 Å². The maximum atomic E-state index is 12.9. The van der Waals surface area contributed by atoms with E-state index in [0.717, 1.165) is 17.7 Å². The molecule has 1 saturated heterocycles. The van der Waals surface area contributed by atoms with Crippen LogP contribution in [0.25, 0.3) is 0 Å². The molecule has 2 rings (SSSR count). The fourth-order valence-electron chi connectivity index (χ4n) is 1.81. The van der Waals surface area contributed by atoms with Crippen LogP contribution in [-0.4, -0.2) is 17.3 Å². The molecule has 2 nitrogen and oxygen atoms in total. The maximum Gasteiger partial charge on any atom is 0.240 e. The predicted molar refractivity (Wildman–Crippen MR) is 60.8 cm³/mol. The molecule has 0 saturated carbocycles. The first-order chi connectivity index (χ1) is 7.09. The van der Waals surface area contributed by atoms with Gasteiger partial charge in [0.1, 0.15) is 5.82 Å². The van der Waals surface area contributed by atoms with Crippen LogP contribution in [0.3, 0.4) is 0 Å². The molecule has 1 fully saturated rings. The Labute approximate surface area is 96.2 Å². The van der Waals surface area contributed by atoms with E-state index in [1.54, 1.807) is 11.0 Å². The molecule has 0 aromatic heterocycles. The summed E-state index contributed by atoms with van der Waals surface area (Å²) in [4.78, 5) is 13.3. The molecule has 0 spiro atoms. The number of halogens is 2. The number of hydrogen-bond acceptors (Lipinski definition) is 1. The Hall–Kier alpha value is -0.900. The third kappa shape index (κ3) is 1.91. The zero-order valence-electron chi connectivity index (χ0n) is 8.34. The summed E-state index contributed by atoms with van der Waals surface area (Å²) >= 11 is 3.32. The molecule has 1 aliphatic heterocycles. The summed E-state index contributed by atoms with van der Waals surface area (Å²) < 4.78 is 12.9. The van der Waals surface area contributed by atoms with Gasteiger partial charge in [0.25, 0.3) is 0 Å². The zero-order chi connectivity index (χ0) is 11.0. The molecular weight excluding hydrogens is 261 g/mol.